The minimum atomic E-state index is 0.688. The van der Waals surface area contributed by atoms with Gasteiger partial charge in [0.25, 0.3) is 0 Å². The highest BCUT2D eigenvalue weighted by Gasteiger charge is 2.32. The number of rotatable bonds is 5. The Morgan fingerprint density at radius 3 is 3.00 bits per heavy atom. The first-order valence-corrected chi connectivity index (χ1v) is 7.14. The molecule has 2 rings (SSSR count). The second kappa shape index (κ2) is 6.19. The van der Waals surface area contributed by atoms with E-state index in [9.17, 15) is 0 Å². The normalized spacial score (nSPS) is 27.6. The number of hydrogen-bond acceptors (Lipinski definition) is 3. The van der Waals surface area contributed by atoms with Gasteiger partial charge in [0.2, 0.25) is 0 Å². The van der Waals surface area contributed by atoms with Crippen LogP contribution in [0.4, 0.5) is 5.69 Å². The van der Waals surface area contributed by atoms with E-state index < -0.39 is 0 Å². The Balaban J connectivity index is 1.93. The van der Waals surface area contributed by atoms with Crippen LogP contribution in [0.1, 0.15) is 38.7 Å². The van der Waals surface area contributed by atoms with Gasteiger partial charge in [0.15, 0.2) is 0 Å². The van der Waals surface area contributed by atoms with Crippen molar-refractivity contribution in [2.24, 2.45) is 11.8 Å². The molecular weight excluding hydrogens is 222 g/mol. The van der Waals surface area contributed by atoms with Crippen LogP contribution in [0.25, 0.3) is 0 Å². The maximum atomic E-state index is 6.00. The van der Waals surface area contributed by atoms with Crippen molar-refractivity contribution in [3.63, 3.8) is 0 Å². The first-order chi connectivity index (χ1) is 8.72. The van der Waals surface area contributed by atoms with Crippen LogP contribution in [0.5, 0.6) is 0 Å². The van der Waals surface area contributed by atoms with Crippen LogP contribution in [0.3, 0.4) is 0 Å². The van der Waals surface area contributed by atoms with Crippen molar-refractivity contribution in [2.45, 2.75) is 45.6 Å². The number of hydrogen-bond donors (Lipinski definition) is 2. The molecule has 1 saturated carbocycles. The molecule has 1 aliphatic carbocycles. The van der Waals surface area contributed by atoms with Crippen LogP contribution in [-0.2, 0) is 6.42 Å². The van der Waals surface area contributed by atoms with Gasteiger partial charge in [0.05, 0.1) is 0 Å². The van der Waals surface area contributed by atoms with Crippen molar-refractivity contribution in [2.75, 3.05) is 12.3 Å². The van der Waals surface area contributed by atoms with Gasteiger partial charge in [-0.15, -0.1) is 0 Å². The van der Waals surface area contributed by atoms with Crippen molar-refractivity contribution in [1.82, 2.24) is 10.3 Å². The molecule has 0 aliphatic heterocycles. The quantitative estimate of drug-likeness (QED) is 0.841. The lowest BCUT2D eigenvalue weighted by molar-refractivity contribution is 0.351. The number of aromatic nitrogens is 1. The van der Waals surface area contributed by atoms with Gasteiger partial charge in [0, 0.05) is 24.1 Å². The summed E-state index contributed by atoms with van der Waals surface area (Å²) in [7, 11) is 0. The van der Waals surface area contributed by atoms with Crippen LogP contribution in [0.15, 0.2) is 18.5 Å². The smallest absolute Gasteiger partial charge is 0.0377 e. The number of nitrogens with zero attached hydrogens (tertiary/aromatic N) is 1. The summed E-state index contributed by atoms with van der Waals surface area (Å²) < 4.78 is 0. The third kappa shape index (κ3) is 3.02. The molecular formula is C15H25N3. The lowest BCUT2D eigenvalue weighted by atomic mass is 9.89. The zero-order valence-electron chi connectivity index (χ0n) is 11.5. The topological polar surface area (TPSA) is 50.9 Å². The van der Waals surface area contributed by atoms with Gasteiger partial charge < -0.3 is 11.1 Å². The number of nitrogens with one attached hydrogen (secondary N) is 1. The van der Waals surface area contributed by atoms with Crippen molar-refractivity contribution in [3.8, 4) is 0 Å². The minimum Gasteiger partial charge on any atom is -0.398 e. The van der Waals surface area contributed by atoms with Crippen molar-refractivity contribution >= 4 is 5.69 Å². The largest absolute Gasteiger partial charge is 0.398 e. The van der Waals surface area contributed by atoms with E-state index in [0.29, 0.717) is 6.04 Å². The Kier molecular flexibility index (Phi) is 4.59. The molecule has 0 saturated heterocycles. The number of nitrogens with two attached hydrogens (primary N) is 1. The molecule has 1 aromatic heterocycles. The van der Waals surface area contributed by atoms with Crippen molar-refractivity contribution in [3.05, 3.63) is 24.0 Å². The summed E-state index contributed by atoms with van der Waals surface area (Å²) in [4.78, 5) is 4.19. The lowest BCUT2D eigenvalue weighted by Crippen LogP contribution is -2.33. The van der Waals surface area contributed by atoms with E-state index in [0.717, 1.165) is 30.5 Å². The third-order valence-corrected chi connectivity index (χ3v) is 4.31. The second-order valence-electron chi connectivity index (χ2n) is 5.54. The molecule has 100 valence electrons. The molecule has 3 heteroatoms. The molecule has 1 aliphatic rings. The van der Waals surface area contributed by atoms with Crippen LogP contribution in [0.2, 0.25) is 0 Å². The van der Waals surface area contributed by atoms with E-state index >= 15 is 0 Å². The van der Waals surface area contributed by atoms with Crippen LogP contribution < -0.4 is 11.1 Å². The van der Waals surface area contributed by atoms with Gasteiger partial charge in [-0.05, 0) is 55.7 Å². The Morgan fingerprint density at radius 2 is 2.28 bits per heavy atom. The molecule has 0 amide bonds. The van der Waals surface area contributed by atoms with E-state index in [1.807, 2.05) is 12.3 Å². The number of anilines is 1. The van der Waals surface area contributed by atoms with E-state index in [2.05, 4.69) is 24.1 Å². The summed E-state index contributed by atoms with van der Waals surface area (Å²) in [5.41, 5.74) is 8.11. The first-order valence-electron chi connectivity index (χ1n) is 7.14. The highest BCUT2D eigenvalue weighted by Crippen LogP contribution is 2.35. The molecule has 0 spiro atoms. The van der Waals surface area contributed by atoms with E-state index in [-0.39, 0.29) is 0 Å². The molecule has 1 fully saturated rings. The van der Waals surface area contributed by atoms with Gasteiger partial charge in [0.1, 0.15) is 0 Å². The molecule has 3 N–H and O–H groups in total. The highest BCUT2D eigenvalue weighted by molar-refractivity contribution is 5.44. The maximum Gasteiger partial charge on any atom is 0.0377 e. The average Bonchev–Trinajstić information content (AvgIpc) is 2.71. The van der Waals surface area contributed by atoms with Crippen LogP contribution >= 0.6 is 0 Å². The van der Waals surface area contributed by atoms with Gasteiger partial charge in [-0.1, -0.05) is 13.8 Å². The lowest BCUT2D eigenvalue weighted by Gasteiger charge is -2.22. The van der Waals surface area contributed by atoms with Crippen LogP contribution in [-0.4, -0.2) is 17.6 Å². The summed E-state index contributed by atoms with van der Waals surface area (Å²) >= 11 is 0. The van der Waals surface area contributed by atoms with Gasteiger partial charge in [-0.2, -0.15) is 0 Å². The summed E-state index contributed by atoms with van der Waals surface area (Å²) in [6.07, 6.45) is 8.58. The molecule has 1 heterocycles. The summed E-state index contributed by atoms with van der Waals surface area (Å²) in [5, 5.41) is 3.66. The minimum absolute atomic E-state index is 0.688. The van der Waals surface area contributed by atoms with E-state index in [1.165, 1.54) is 24.8 Å². The Morgan fingerprint density at radius 1 is 1.44 bits per heavy atom. The zero-order chi connectivity index (χ0) is 13.0. The van der Waals surface area contributed by atoms with Crippen molar-refractivity contribution in [1.29, 1.82) is 0 Å². The average molecular weight is 247 g/mol. The Bertz CT molecular complexity index is 378. The van der Waals surface area contributed by atoms with Gasteiger partial charge in [-0.25, -0.2) is 0 Å². The van der Waals surface area contributed by atoms with Gasteiger partial charge >= 0.3 is 0 Å². The molecule has 3 nitrogen and oxygen atoms in total. The Hall–Kier alpha value is -1.09. The van der Waals surface area contributed by atoms with E-state index in [4.69, 9.17) is 5.73 Å². The predicted molar refractivity (Wildman–Crippen MR) is 76.3 cm³/mol. The van der Waals surface area contributed by atoms with Gasteiger partial charge in [-0.3, -0.25) is 4.98 Å². The molecule has 1 aromatic rings. The fraction of sp³-hybridized carbons (Fsp3) is 0.667. The van der Waals surface area contributed by atoms with Crippen molar-refractivity contribution < 1.29 is 0 Å². The van der Waals surface area contributed by atoms with Crippen LogP contribution in [0, 0.1) is 11.8 Å². The molecule has 3 unspecified atom stereocenters. The molecule has 18 heavy (non-hydrogen) atoms. The summed E-state index contributed by atoms with van der Waals surface area (Å²) in [6, 6.07) is 2.59. The first kappa shape index (κ1) is 13.3. The zero-order valence-corrected chi connectivity index (χ0v) is 11.5. The fourth-order valence-electron chi connectivity index (χ4n) is 3.04. The summed E-state index contributed by atoms with van der Waals surface area (Å²) in [5.74, 6) is 1.47. The predicted octanol–water partition coefficient (Wildman–Crippen LogP) is 2.62. The monoisotopic (exact) mass is 247 g/mol. The maximum absolute atomic E-state index is 6.00. The number of nitrogen functional groups attached to an aromatic ring is 1. The fourth-order valence-corrected chi connectivity index (χ4v) is 3.04. The SMILES string of the molecule is CCCNC1CCC(Cc2cnccc2N)C1C. The standard InChI is InChI=1S/C15H25N3/c1-3-7-18-15-5-4-12(11(15)2)9-13-10-17-8-6-14(13)16/h6,8,10-12,15,18H,3-5,7,9H2,1-2H3,(H2,16,17). The summed E-state index contributed by atoms with van der Waals surface area (Å²) in [6.45, 7) is 5.73. The number of pyridine rings is 1. The highest BCUT2D eigenvalue weighted by atomic mass is 14.9. The molecule has 0 radical (unpaired) electrons. The second-order valence-corrected chi connectivity index (χ2v) is 5.54. The molecule has 0 aromatic carbocycles. The molecule has 0 bridgehead atoms. The molecule has 3 atom stereocenters. The Labute approximate surface area is 110 Å². The third-order valence-electron chi connectivity index (χ3n) is 4.31. The van der Waals surface area contributed by atoms with E-state index in [1.54, 1.807) is 6.20 Å².